The molecule has 5 nitrogen and oxygen atoms in total. The molecule has 1 heterocycles. The second-order valence-electron chi connectivity index (χ2n) is 6.91. The molecular weight excluding hydrogens is 346 g/mol. The highest BCUT2D eigenvalue weighted by atomic mass is 35.5. The van der Waals surface area contributed by atoms with Gasteiger partial charge in [0, 0.05) is 30.6 Å². The second kappa shape index (κ2) is 7.68. The fraction of sp³-hybridized carbons (Fsp3) is 0.471. The lowest BCUT2D eigenvalue weighted by molar-refractivity contribution is 0.355. The highest BCUT2D eigenvalue weighted by Crippen LogP contribution is 2.17. The molecule has 2 rings (SSSR count). The number of halogens is 1. The maximum atomic E-state index is 11.5. The summed E-state index contributed by atoms with van der Waals surface area (Å²) < 4.78 is 24.9. The van der Waals surface area contributed by atoms with E-state index in [0.29, 0.717) is 11.4 Å². The average Bonchev–Trinajstić information content (AvgIpc) is 2.93. The van der Waals surface area contributed by atoms with Gasteiger partial charge in [-0.05, 0) is 45.4 Å². The summed E-state index contributed by atoms with van der Waals surface area (Å²) in [5.41, 5.74) is 2.16. The van der Waals surface area contributed by atoms with Crippen LogP contribution in [0.3, 0.4) is 0 Å². The van der Waals surface area contributed by atoms with Gasteiger partial charge in [-0.25, -0.2) is 8.42 Å². The van der Waals surface area contributed by atoms with Crippen molar-refractivity contribution in [1.82, 2.24) is 15.1 Å². The van der Waals surface area contributed by atoms with Gasteiger partial charge in [-0.15, -0.1) is 12.4 Å². The molecule has 1 aromatic heterocycles. The molecule has 134 valence electrons. The summed E-state index contributed by atoms with van der Waals surface area (Å²) in [7, 11) is -3.14. The quantitative estimate of drug-likeness (QED) is 0.875. The van der Waals surface area contributed by atoms with E-state index in [1.807, 2.05) is 29.2 Å². The third kappa shape index (κ3) is 5.33. The lowest BCUT2D eigenvalue weighted by Crippen LogP contribution is -2.22. The second-order valence-corrected chi connectivity index (χ2v) is 8.92. The van der Waals surface area contributed by atoms with Crippen molar-refractivity contribution in [3.63, 3.8) is 0 Å². The van der Waals surface area contributed by atoms with Crippen LogP contribution in [-0.2, 0) is 21.9 Å². The molecule has 0 bridgehead atoms. The van der Waals surface area contributed by atoms with Gasteiger partial charge in [0.2, 0.25) is 0 Å². The molecule has 0 aliphatic rings. The van der Waals surface area contributed by atoms with Crippen molar-refractivity contribution in [2.75, 3.05) is 6.26 Å². The van der Waals surface area contributed by atoms with Gasteiger partial charge in [0.05, 0.1) is 16.6 Å². The molecule has 0 saturated heterocycles. The molecule has 24 heavy (non-hydrogen) atoms. The van der Waals surface area contributed by atoms with Crippen LogP contribution in [0.1, 0.15) is 44.9 Å². The molecule has 0 aliphatic heterocycles. The Balaban J connectivity index is 0.00000288. The molecule has 1 aromatic carbocycles. The maximum Gasteiger partial charge on any atom is 0.175 e. The molecule has 0 aliphatic carbocycles. The number of aromatic nitrogens is 2. The van der Waals surface area contributed by atoms with Gasteiger partial charge < -0.3 is 5.32 Å². The van der Waals surface area contributed by atoms with E-state index in [0.717, 1.165) is 11.1 Å². The van der Waals surface area contributed by atoms with E-state index in [-0.39, 0.29) is 24.0 Å². The van der Waals surface area contributed by atoms with Gasteiger partial charge in [0.15, 0.2) is 9.84 Å². The van der Waals surface area contributed by atoms with Crippen LogP contribution in [0.25, 0.3) is 0 Å². The fourth-order valence-corrected chi connectivity index (χ4v) is 2.84. The fourth-order valence-electron chi connectivity index (χ4n) is 2.21. The molecule has 1 atom stereocenters. The highest BCUT2D eigenvalue weighted by Gasteiger charge is 2.14. The van der Waals surface area contributed by atoms with Crippen LogP contribution >= 0.6 is 12.4 Å². The van der Waals surface area contributed by atoms with Gasteiger partial charge in [0.25, 0.3) is 0 Å². The first-order valence-corrected chi connectivity index (χ1v) is 9.54. The molecule has 0 radical (unpaired) electrons. The number of hydrogen-bond donors (Lipinski definition) is 1. The van der Waals surface area contributed by atoms with E-state index in [1.165, 1.54) is 6.26 Å². The molecule has 7 heteroatoms. The molecule has 0 spiro atoms. The van der Waals surface area contributed by atoms with Gasteiger partial charge >= 0.3 is 0 Å². The third-order valence-electron chi connectivity index (χ3n) is 3.74. The Bertz CT molecular complexity index is 762. The molecule has 2 aromatic rings. The van der Waals surface area contributed by atoms with Gasteiger partial charge in [-0.3, -0.25) is 4.68 Å². The average molecular weight is 372 g/mol. The molecular formula is C17H26ClN3O2S. The van der Waals surface area contributed by atoms with Crippen molar-refractivity contribution in [1.29, 1.82) is 0 Å². The Morgan fingerprint density at radius 1 is 1.21 bits per heavy atom. The van der Waals surface area contributed by atoms with E-state index >= 15 is 0 Å². The number of nitrogens with one attached hydrogen (secondary N) is 1. The van der Waals surface area contributed by atoms with Crippen LogP contribution < -0.4 is 5.32 Å². The first-order valence-electron chi connectivity index (χ1n) is 7.65. The van der Waals surface area contributed by atoms with Crippen LogP contribution in [0.4, 0.5) is 0 Å². The number of sulfone groups is 1. The number of rotatable bonds is 5. The standard InChI is InChI=1S/C17H25N3O2S.ClH/c1-13(15-6-8-16(9-7-15)23(5,21)22)18-10-14-11-19-20(12-14)17(2,3)4;/h6-9,11-13,18H,10H2,1-5H3;1H. The van der Waals surface area contributed by atoms with Crippen molar-refractivity contribution in [2.45, 2.75) is 50.7 Å². The Morgan fingerprint density at radius 2 is 1.79 bits per heavy atom. The molecule has 0 saturated carbocycles. The van der Waals surface area contributed by atoms with Crippen molar-refractivity contribution in [2.24, 2.45) is 0 Å². The smallest absolute Gasteiger partial charge is 0.175 e. The predicted octanol–water partition coefficient (Wildman–Crippen LogP) is 3.31. The zero-order chi connectivity index (χ0) is 17.3. The van der Waals surface area contributed by atoms with E-state index in [4.69, 9.17) is 0 Å². The van der Waals surface area contributed by atoms with Crippen molar-refractivity contribution >= 4 is 22.2 Å². The summed E-state index contributed by atoms with van der Waals surface area (Å²) in [6, 6.07) is 7.14. The zero-order valence-electron chi connectivity index (χ0n) is 14.8. The SMILES string of the molecule is CC(NCc1cnn(C(C)(C)C)c1)c1ccc(S(C)(=O)=O)cc1.Cl. The normalized spacial score (nSPS) is 13.4. The third-order valence-corrected chi connectivity index (χ3v) is 4.87. The number of benzene rings is 1. The Hall–Kier alpha value is -1.37. The minimum Gasteiger partial charge on any atom is -0.306 e. The minimum atomic E-state index is -3.14. The summed E-state index contributed by atoms with van der Waals surface area (Å²) in [5, 5.41) is 7.82. The van der Waals surface area contributed by atoms with Crippen molar-refractivity contribution < 1.29 is 8.42 Å². The van der Waals surface area contributed by atoms with Gasteiger partial charge in [0.1, 0.15) is 0 Å². The molecule has 1 N–H and O–H groups in total. The maximum absolute atomic E-state index is 11.5. The topological polar surface area (TPSA) is 64.0 Å². The van der Waals surface area contributed by atoms with E-state index in [1.54, 1.807) is 12.1 Å². The van der Waals surface area contributed by atoms with Crippen molar-refractivity contribution in [3.05, 3.63) is 47.8 Å². The monoisotopic (exact) mass is 371 g/mol. The Labute approximate surface area is 150 Å². The van der Waals surface area contributed by atoms with E-state index < -0.39 is 9.84 Å². The Morgan fingerprint density at radius 3 is 2.25 bits per heavy atom. The summed E-state index contributed by atoms with van der Waals surface area (Å²) in [4.78, 5) is 0.347. The van der Waals surface area contributed by atoms with Crippen LogP contribution in [0.2, 0.25) is 0 Å². The number of hydrogen-bond acceptors (Lipinski definition) is 4. The van der Waals surface area contributed by atoms with E-state index in [9.17, 15) is 8.42 Å². The lowest BCUT2D eigenvalue weighted by Gasteiger charge is -2.18. The molecule has 1 unspecified atom stereocenters. The lowest BCUT2D eigenvalue weighted by atomic mass is 10.1. The first-order chi connectivity index (χ1) is 10.6. The summed E-state index contributed by atoms with van der Waals surface area (Å²) in [5.74, 6) is 0. The van der Waals surface area contributed by atoms with E-state index in [2.05, 4.69) is 38.1 Å². The largest absolute Gasteiger partial charge is 0.306 e. The minimum absolute atomic E-state index is 0. The van der Waals surface area contributed by atoms with Crippen LogP contribution in [0.15, 0.2) is 41.6 Å². The Kier molecular flexibility index (Phi) is 6.61. The van der Waals surface area contributed by atoms with Crippen LogP contribution in [0.5, 0.6) is 0 Å². The molecule has 0 amide bonds. The molecule has 0 fully saturated rings. The van der Waals surface area contributed by atoms with Crippen LogP contribution in [-0.4, -0.2) is 24.5 Å². The zero-order valence-corrected chi connectivity index (χ0v) is 16.4. The summed E-state index contributed by atoms with van der Waals surface area (Å²) >= 11 is 0. The predicted molar refractivity (Wildman–Crippen MR) is 99.3 cm³/mol. The van der Waals surface area contributed by atoms with Gasteiger partial charge in [-0.2, -0.15) is 5.10 Å². The van der Waals surface area contributed by atoms with Crippen molar-refractivity contribution in [3.8, 4) is 0 Å². The summed E-state index contributed by atoms with van der Waals surface area (Å²) in [6.07, 6.45) is 5.14. The summed E-state index contributed by atoms with van der Waals surface area (Å²) in [6.45, 7) is 9.12. The first kappa shape index (κ1) is 20.7. The highest BCUT2D eigenvalue weighted by molar-refractivity contribution is 7.90. The van der Waals surface area contributed by atoms with Crippen LogP contribution in [0, 0.1) is 0 Å². The number of nitrogens with zero attached hydrogens (tertiary/aromatic N) is 2. The van der Waals surface area contributed by atoms with Gasteiger partial charge in [-0.1, -0.05) is 12.1 Å².